The molecule has 21 heavy (non-hydrogen) atoms. The van der Waals surface area contributed by atoms with Crippen molar-refractivity contribution in [1.82, 2.24) is 20.2 Å². The van der Waals surface area contributed by atoms with Crippen molar-refractivity contribution >= 4 is 27.3 Å². The van der Waals surface area contributed by atoms with Gasteiger partial charge in [-0.1, -0.05) is 5.10 Å². The van der Waals surface area contributed by atoms with Gasteiger partial charge in [-0.15, -0.1) is 5.10 Å². The molecule has 0 aliphatic rings. The summed E-state index contributed by atoms with van der Waals surface area (Å²) in [6.07, 6.45) is 0. The van der Waals surface area contributed by atoms with Crippen molar-refractivity contribution < 1.29 is 13.3 Å². The van der Waals surface area contributed by atoms with Crippen LogP contribution in [0, 0.1) is 10.1 Å². The lowest BCUT2D eigenvalue weighted by atomic mass is 10.3. The number of aromatic nitrogens is 4. The van der Waals surface area contributed by atoms with Gasteiger partial charge in [-0.05, 0) is 11.3 Å². The van der Waals surface area contributed by atoms with E-state index in [4.69, 9.17) is 0 Å². The highest BCUT2D eigenvalue weighted by atomic mass is 32.2. The highest BCUT2D eigenvalue weighted by molar-refractivity contribution is 7.92. The highest BCUT2D eigenvalue weighted by Gasteiger charge is 2.23. The molecule has 0 amide bonds. The Kier molecular flexibility index (Phi) is 3.71. The zero-order valence-corrected chi connectivity index (χ0v) is 11.8. The fourth-order valence-corrected chi connectivity index (χ4v) is 2.72. The number of rotatable bonds is 5. The van der Waals surface area contributed by atoms with Crippen LogP contribution >= 0.6 is 0 Å². The monoisotopic (exact) mass is 313 g/mol. The second-order valence-electron chi connectivity index (χ2n) is 3.90. The molecular weight excluding hydrogens is 302 g/mol. The smallest absolute Gasteiger partial charge is 0.277 e. The minimum Gasteiger partial charge on any atom is -0.387 e. The summed E-state index contributed by atoms with van der Waals surface area (Å²) in [7, 11) is -1.12. The van der Waals surface area contributed by atoms with Crippen LogP contribution in [0.2, 0.25) is 0 Å². The Hall–Kier alpha value is -2.76. The number of benzene rings is 1. The second-order valence-corrected chi connectivity index (χ2v) is 5.55. The molecule has 112 valence electrons. The molecule has 2 aromatic rings. The summed E-state index contributed by atoms with van der Waals surface area (Å²) < 4.78 is 26.6. The Morgan fingerprint density at radius 3 is 2.62 bits per heavy atom. The average Bonchev–Trinajstić information content (AvgIpc) is 2.82. The van der Waals surface area contributed by atoms with Crippen LogP contribution < -0.4 is 10.0 Å². The van der Waals surface area contributed by atoms with Crippen LogP contribution in [-0.2, 0) is 17.1 Å². The fraction of sp³-hybridized carbons (Fsp3) is 0.222. The van der Waals surface area contributed by atoms with Crippen LogP contribution in [0.4, 0.5) is 17.3 Å². The van der Waals surface area contributed by atoms with Crippen LogP contribution in [0.25, 0.3) is 0 Å². The molecule has 0 saturated heterocycles. The maximum Gasteiger partial charge on any atom is 0.277 e. The predicted molar refractivity (Wildman–Crippen MR) is 72.2 cm³/mol. The maximum absolute atomic E-state index is 12.3. The number of hydrogen-bond acceptors (Lipinski definition) is 8. The normalized spacial score (nSPS) is 11.1. The molecule has 0 bridgehead atoms. The molecule has 0 radical (unpaired) electrons. The molecule has 2 N–H and O–H groups in total. The molecule has 0 spiro atoms. The van der Waals surface area contributed by atoms with Crippen LogP contribution in [0.5, 0.6) is 0 Å². The van der Waals surface area contributed by atoms with Gasteiger partial charge in [0.25, 0.3) is 21.7 Å². The molecule has 0 saturated carbocycles. The Labute approximate surface area is 119 Å². The van der Waals surface area contributed by atoms with Crippen LogP contribution in [0.1, 0.15) is 0 Å². The van der Waals surface area contributed by atoms with E-state index in [1.165, 1.54) is 26.2 Å². The zero-order chi connectivity index (χ0) is 15.6. The van der Waals surface area contributed by atoms with Gasteiger partial charge >= 0.3 is 0 Å². The number of hydrogen-bond donors (Lipinski definition) is 2. The summed E-state index contributed by atoms with van der Waals surface area (Å²) in [4.78, 5) is 10.9. The zero-order valence-electron chi connectivity index (χ0n) is 11.0. The van der Waals surface area contributed by atoms with E-state index in [1.54, 1.807) is 0 Å². The maximum atomic E-state index is 12.3. The lowest BCUT2D eigenvalue weighted by molar-refractivity contribution is -0.385. The van der Waals surface area contributed by atoms with E-state index in [-0.39, 0.29) is 22.2 Å². The predicted octanol–water partition coefficient (Wildman–Crippen LogP) is -0.0392. The summed E-state index contributed by atoms with van der Waals surface area (Å²) in [6, 6.07) is 3.45. The second kappa shape index (κ2) is 5.32. The lowest BCUT2D eigenvalue weighted by Crippen LogP contribution is -2.16. The third kappa shape index (κ3) is 3.05. The van der Waals surface area contributed by atoms with Crippen molar-refractivity contribution in [2.75, 3.05) is 17.1 Å². The molecule has 1 aromatic heterocycles. The van der Waals surface area contributed by atoms with Crippen molar-refractivity contribution in [2.45, 2.75) is 4.90 Å². The number of nitrogens with one attached hydrogen (secondary N) is 2. The van der Waals surface area contributed by atoms with Crippen LogP contribution in [0.15, 0.2) is 23.1 Å². The van der Waals surface area contributed by atoms with E-state index in [9.17, 15) is 18.5 Å². The van der Waals surface area contributed by atoms with Gasteiger partial charge in [0, 0.05) is 19.2 Å². The topological polar surface area (TPSA) is 145 Å². The first-order valence-electron chi connectivity index (χ1n) is 5.56. The highest BCUT2D eigenvalue weighted by Crippen LogP contribution is 2.27. The number of non-ortho nitro benzene ring substituents is 1. The molecule has 1 aromatic carbocycles. The van der Waals surface area contributed by atoms with Gasteiger partial charge in [0.15, 0.2) is 0 Å². The van der Waals surface area contributed by atoms with Gasteiger partial charge < -0.3 is 5.32 Å². The summed E-state index contributed by atoms with van der Waals surface area (Å²) >= 11 is 0. The number of nitro benzene ring substituents is 1. The molecule has 0 aliphatic carbocycles. The molecule has 0 aliphatic heterocycles. The summed E-state index contributed by atoms with van der Waals surface area (Å²) in [5.74, 6) is -0.231. The standard InChI is InChI=1S/C9H11N7O4S/c1-10-7-4-3-6(16(17)18)5-8(7)21(19,20)13-9-11-14-15(2)12-9/h3-5,10H,1-2H3,(H,12,13). The Balaban J connectivity index is 2.47. The molecule has 12 heteroatoms. The molecule has 0 atom stereocenters. The number of aryl methyl sites for hydroxylation is 1. The van der Waals surface area contributed by atoms with E-state index in [1.807, 2.05) is 0 Å². The Morgan fingerprint density at radius 2 is 2.10 bits per heavy atom. The van der Waals surface area contributed by atoms with Gasteiger partial charge in [0.05, 0.1) is 17.7 Å². The lowest BCUT2D eigenvalue weighted by Gasteiger charge is -2.09. The minimum atomic E-state index is -4.09. The van der Waals surface area contributed by atoms with Crippen molar-refractivity contribution in [3.63, 3.8) is 0 Å². The molecule has 1 heterocycles. The largest absolute Gasteiger partial charge is 0.387 e. The van der Waals surface area contributed by atoms with Crippen LogP contribution in [-0.4, -0.2) is 40.6 Å². The third-order valence-corrected chi connectivity index (χ3v) is 3.84. The average molecular weight is 313 g/mol. The quantitative estimate of drug-likeness (QED) is 0.577. The van der Waals surface area contributed by atoms with Gasteiger partial charge in [-0.25, -0.2) is 13.1 Å². The van der Waals surface area contributed by atoms with E-state index in [2.05, 4.69) is 25.4 Å². The van der Waals surface area contributed by atoms with E-state index >= 15 is 0 Å². The van der Waals surface area contributed by atoms with E-state index in [0.29, 0.717) is 0 Å². The van der Waals surface area contributed by atoms with Crippen molar-refractivity contribution in [3.8, 4) is 0 Å². The van der Waals surface area contributed by atoms with Crippen molar-refractivity contribution in [3.05, 3.63) is 28.3 Å². The molecule has 0 unspecified atom stereocenters. The number of tetrazole rings is 1. The SMILES string of the molecule is CNc1ccc([N+](=O)[O-])cc1S(=O)(=O)Nc1nnn(C)n1. The molecular formula is C9H11N7O4S. The Morgan fingerprint density at radius 1 is 1.38 bits per heavy atom. The van der Waals surface area contributed by atoms with Gasteiger partial charge in [-0.2, -0.15) is 4.80 Å². The summed E-state index contributed by atoms with van der Waals surface area (Å²) in [6.45, 7) is 0. The van der Waals surface area contributed by atoms with Crippen molar-refractivity contribution in [1.29, 1.82) is 0 Å². The number of nitrogens with zero attached hydrogens (tertiary/aromatic N) is 5. The first-order chi connectivity index (χ1) is 9.83. The number of sulfonamides is 1. The first-order valence-corrected chi connectivity index (χ1v) is 7.05. The van der Waals surface area contributed by atoms with Gasteiger partial charge in [0.2, 0.25) is 0 Å². The van der Waals surface area contributed by atoms with Gasteiger partial charge in [-0.3, -0.25) is 10.1 Å². The third-order valence-electron chi connectivity index (χ3n) is 2.47. The summed E-state index contributed by atoms with van der Waals surface area (Å²) in [5.41, 5.74) is -0.140. The van der Waals surface area contributed by atoms with Gasteiger partial charge in [0.1, 0.15) is 4.90 Å². The van der Waals surface area contributed by atoms with Crippen LogP contribution in [0.3, 0.4) is 0 Å². The Bertz CT molecular complexity index is 785. The number of nitro groups is 1. The van der Waals surface area contributed by atoms with Crippen molar-refractivity contribution in [2.24, 2.45) is 7.05 Å². The molecule has 11 nitrogen and oxygen atoms in total. The molecule has 2 rings (SSSR count). The summed E-state index contributed by atoms with van der Waals surface area (Å²) in [5, 5.41) is 24.1. The van der Waals surface area contributed by atoms with E-state index < -0.39 is 14.9 Å². The molecule has 0 fully saturated rings. The number of anilines is 2. The first kappa shape index (κ1) is 14.6. The fourth-order valence-electron chi connectivity index (χ4n) is 1.55. The minimum absolute atomic E-state index is 0.206. The van der Waals surface area contributed by atoms with E-state index in [0.717, 1.165) is 10.9 Å².